The van der Waals surface area contributed by atoms with E-state index in [2.05, 4.69) is 80.8 Å². The number of hydrogen-bond donors (Lipinski definition) is 3. The summed E-state index contributed by atoms with van der Waals surface area (Å²) in [7, 11) is 0. The Morgan fingerprint density at radius 1 is 0.469 bits per heavy atom. The molecule has 0 heterocycles. The maximum absolute atomic E-state index is 13.2. The largest absolute Gasteiger partial charge is 0.462 e. The molecule has 0 fully saturated rings. The van der Waals surface area contributed by atoms with Crippen LogP contribution in [-0.2, 0) is 14.3 Å². The van der Waals surface area contributed by atoms with Gasteiger partial charge < -0.3 is 20.3 Å². The quantitative estimate of drug-likeness (QED) is 0.0321. The van der Waals surface area contributed by atoms with Gasteiger partial charge >= 0.3 is 5.97 Å². The Morgan fingerprint density at radius 3 is 1.28 bits per heavy atom. The summed E-state index contributed by atoms with van der Waals surface area (Å²) >= 11 is 0. The Labute approximate surface area is 395 Å². The number of nitrogens with one attached hydrogen (secondary N) is 1. The van der Waals surface area contributed by atoms with Crippen molar-refractivity contribution in [3.05, 3.63) is 97.2 Å². The van der Waals surface area contributed by atoms with Crippen LogP contribution in [0.25, 0.3) is 0 Å². The van der Waals surface area contributed by atoms with Crippen LogP contribution in [0.3, 0.4) is 0 Å². The fraction of sp³-hybridized carbons (Fsp3) is 0.690. The lowest BCUT2D eigenvalue weighted by Gasteiger charge is -2.24. The van der Waals surface area contributed by atoms with Crippen LogP contribution in [0.5, 0.6) is 0 Å². The predicted octanol–water partition coefficient (Wildman–Crippen LogP) is 16.1. The molecule has 0 aromatic carbocycles. The van der Waals surface area contributed by atoms with Gasteiger partial charge in [-0.1, -0.05) is 253 Å². The number of esters is 1. The van der Waals surface area contributed by atoms with E-state index in [-0.39, 0.29) is 24.9 Å². The second kappa shape index (κ2) is 50.8. The third kappa shape index (κ3) is 45.4. The SMILES string of the molecule is CC/C=C/C=C/C=C\C=C/C=C/CCCCCC(=O)OC(CCCCCCC/C=C/C=C/C=C/CC)CC(=O)NC(CO)C(O)CCCCCCCCCCCCCCCCCCC. The first-order valence-corrected chi connectivity index (χ1v) is 26.6. The molecule has 0 aromatic heterocycles. The molecule has 0 saturated carbocycles. The molecule has 0 aliphatic carbocycles. The first-order chi connectivity index (χ1) is 31.5. The molecule has 0 bridgehead atoms. The van der Waals surface area contributed by atoms with Crippen molar-refractivity contribution in [1.29, 1.82) is 0 Å². The fourth-order valence-corrected chi connectivity index (χ4v) is 7.63. The zero-order valence-corrected chi connectivity index (χ0v) is 41.6. The molecule has 0 radical (unpaired) electrons. The Morgan fingerprint density at radius 2 is 0.844 bits per heavy atom. The minimum Gasteiger partial charge on any atom is -0.462 e. The van der Waals surface area contributed by atoms with E-state index in [9.17, 15) is 19.8 Å². The van der Waals surface area contributed by atoms with Gasteiger partial charge in [0.2, 0.25) is 5.91 Å². The molecule has 0 aliphatic rings. The summed E-state index contributed by atoms with van der Waals surface area (Å²) in [5.74, 6) is -0.549. The average Bonchev–Trinajstić information content (AvgIpc) is 3.29. The van der Waals surface area contributed by atoms with Crippen LogP contribution in [0.4, 0.5) is 0 Å². The molecule has 366 valence electrons. The van der Waals surface area contributed by atoms with Crippen LogP contribution in [0.2, 0.25) is 0 Å². The van der Waals surface area contributed by atoms with Crippen LogP contribution in [0.15, 0.2) is 97.2 Å². The van der Waals surface area contributed by atoms with Gasteiger partial charge in [0.25, 0.3) is 0 Å². The lowest BCUT2D eigenvalue weighted by atomic mass is 10.0. The Bertz CT molecular complexity index is 1270. The molecule has 0 saturated heterocycles. The Balaban J connectivity index is 4.63. The van der Waals surface area contributed by atoms with Gasteiger partial charge in [-0.2, -0.15) is 0 Å². The number of aliphatic hydroxyl groups excluding tert-OH is 2. The third-order valence-electron chi connectivity index (χ3n) is 11.6. The van der Waals surface area contributed by atoms with Crippen LogP contribution in [-0.4, -0.2) is 46.9 Å². The van der Waals surface area contributed by atoms with Crippen LogP contribution >= 0.6 is 0 Å². The van der Waals surface area contributed by atoms with Gasteiger partial charge in [0, 0.05) is 6.42 Å². The van der Waals surface area contributed by atoms with Gasteiger partial charge in [0.1, 0.15) is 6.10 Å². The van der Waals surface area contributed by atoms with E-state index in [1.54, 1.807) is 0 Å². The minimum atomic E-state index is -0.807. The number of carbonyl (C=O) groups is 2. The molecule has 3 N–H and O–H groups in total. The number of carbonyl (C=O) groups excluding carboxylic acids is 2. The Hall–Kier alpha value is -3.22. The van der Waals surface area contributed by atoms with E-state index in [1.165, 1.54) is 89.9 Å². The van der Waals surface area contributed by atoms with Crippen LogP contribution in [0.1, 0.15) is 233 Å². The highest BCUT2D eigenvalue weighted by atomic mass is 16.5. The molecule has 0 spiro atoms. The first-order valence-electron chi connectivity index (χ1n) is 26.6. The maximum Gasteiger partial charge on any atom is 0.306 e. The lowest BCUT2D eigenvalue weighted by Crippen LogP contribution is -2.46. The van der Waals surface area contributed by atoms with Gasteiger partial charge in [0.15, 0.2) is 0 Å². The van der Waals surface area contributed by atoms with E-state index in [0.29, 0.717) is 19.3 Å². The second-order valence-corrected chi connectivity index (χ2v) is 17.7. The monoisotopic (exact) mass is 890 g/mol. The molecule has 0 aromatic rings. The molecule has 0 aliphatic heterocycles. The standard InChI is InChI=1S/C58H99NO5/c1-4-7-10-13-16-19-22-25-27-28-30-32-35-38-41-44-47-50-56(61)55(53-60)59-57(62)52-54(49-46-43-40-37-34-31-24-21-18-15-12-9-6-3)64-58(63)51-48-45-42-39-36-33-29-26-23-20-17-14-11-8-5-2/h8-9,11-12,14-15,17-18,20-21,23-24,26,29,33,36,54-56,60-61H,4-7,10,13,16,19,22,25,27-28,30-32,34-35,37-53H2,1-3H3,(H,59,62)/b11-8+,12-9+,17-14+,18-15+,23-20-,24-21+,29-26-,36-33+. The zero-order valence-electron chi connectivity index (χ0n) is 41.6. The van der Waals surface area contributed by atoms with Crippen molar-refractivity contribution < 1.29 is 24.5 Å². The average molecular weight is 890 g/mol. The van der Waals surface area contributed by atoms with Crippen LogP contribution in [0, 0.1) is 0 Å². The number of unbranched alkanes of at least 4 members (excludes halogenated alkanes) is 24. The molecule has 6 nitrogen and oxygen atoms in total. The van der Waals surface area contributed by atoms with Crippen molar-refractivity contribution in [1.82, 2.24) is 5.32 Å². The fourth-order valence-electron chi connectivity index (χ4n) is 7.63. The molecule has 3 atom stereocenters. The number of rotatable bonds is 46. The van der Waals surface area contributed by atoms with Crippen molar-refractivity contribution in [2.75, 3.05) is 6.61 Å². The molecule has 0 rings (SSSR count). The smallest absolute Gasteiger partial charge is 0.306 e. The highest BCUT2D eigenvalue weighted by molar-refractivity contribution is 5.77. The van der Waals surface area contributed by atoms with Crippen molar-refractivity contribution in [2.45, 2.75) is 251 Å². The molecular formula is C58H99NO5. The number of allylic oxidation sites excluding steroid dienone is 16. The number of amides is 1. The number of ether oxygens (including phenoxy) is 1. The van der Waals surface area contributed by atoms with Crippen molar-refractivity contribution >= 4 is 11.9 Å². The van der Waals surface area contributed by atoms with Crippen LogP contribution < -0.4 is 5.32 Å². The topological polar surface area (TPSA) is 95.9 Å². The van der Waals surface area contributed by atoms with Gasteiger partial charge in [-0.15, -0.1) is 0 Å². The minimum absolute atomic E-state index is 0.0412. The molecular weight excluding hydrogens is 791 g/mol. The molecule has 1 amide bonds. The number of aliphatic hydroxyl groups is 2. The van der Waals surface area contributed by atoms with E-state index >= 15 is 0 Å². The summed E-state index contributed by atoms with van der Waals surface area (Å²) in [5.41, 5.74) is 0. The van der Waals surface area contributed by atoms with Gasteiger partial charge in [-0.05, 0) is 64.2 Å². The maximum atomic E-state index is 13.2. The predicted molar refractivity (Wildman–Crippen MR) is 277 cm³/mol. The van der Waals surface area contributed by atoms with Gasteiger partial charge in [-0.3, -0.25) is 9.59 Å². The second-order valence-electron chi connectivity index (χ2n) is 17.7. The first kappa shape index (κ1) is 60.8. The van der Waals surface area contributed by atoms with E-state index in [4.69, 9.17) is 4.74 Å². The molecule has 6 heteroatoms. The third-order valence-corrected chi connectivity index (χ3v) is 11.6. The summed E-state index contributed by atoms with van der Waals surface area (Å²) in [6.45, 7) is 6.20. The summed E-state index contributed by atoms with van der Waals surface area (Å²) < 4.78 is 5.91. The molecule has 64 heavy (non-hydrogen) atoms. The van der Waals surface area contributed by atoms with E-state index in [0.717, 1.165) is 96.3 Å². The van der Waals surface area contributed by atoms with Gasteiger partial charge in [-0.25, -0.2) is 0 Å². The highest BCUT2D eigenvalue weighted by Gasteiger charge is 2.24. The van der Waals surface area contributed by atoms with Crippen molar-refractivity contribution in [3.8, 4) is 0 Å². The summed E-state index contributed by atoms with van der Waals surface area (Å²) in [6, 6.07) is -0.724. The van der Waals surface area contributed by atoms with Crippen molar-refractivity contribution in [3.63, 3.8) is 0 Å². The summed E-state index contributed by atoms with van der Waals surface area (Å²) in [4.78, 5) is 26.2. The highest BCUT2D eigenvalue weighted by Crippen LogP contribution is 2.18. The molecule has 3 unspecified atom stereocenters. The van der Waals surface area contributed by atoms with E-state index in [1.807, 2.05) is 42.5 Å². The summed E-state index contributed by atoms with van der Waals surface area (Å²) in [6.07, 6.45) is 67.5. The summed E-state index contributed by atoms with van der Waals surface area (Å²) in [5, 5.41) is 23.8. The van der Waals surface area contributed by atoms with E-state index < -0.39 is 18.2 Å². The normalized spacial score (nSPS) is 14.0. The lowest BCUT2D eigenvalue weighted by molar-refractivity contribution is -0.151. The van der Waals surface area contributed by atoms with Gasteiger partial charge in [0.05, 0.1) is 25.2 Å². The Kier molecular flexibility index (Phi) is 48.2. The van der Waals surface area contributed by atoms with Crippen molar-refractivity contribution in [2.24, 2.45) is 0 Å². The zero-order chi connectivity index (χ0) is 46.7. The number of hydrogen-bond acceptors (Lipinski definition) is 5.